The lowest BCUT2D eigenvalue weighted by Crippen LogP contribution is -2.17. The van der Waals surface area contributed by atoms with Gasteiger partial charge in [0, 0.05) is 12.4 Å². The molecule has 0 aliphatic heterocycles. The van der Waals surface area contributed by atoms with Crippen LogP contribution in [0.5, 0.6) is 5.75 Å². The molecule has 0 atom stereocenters. The van der Waals surface area contributed by atoms with E-state index in [1.165, 1.54) is 47.5 Å². The first-order valence-corrected chi connectivity index (χ1v) is 7.30. The Morgan fingerprint density at radius 2 is 1.92 bits per heavy atom. The van der Waals surface area contributed by atoms with Crippen molar-refractivity contribution in [3.63, 3.8) is 0 Å². The fourth-order valence-electron chi connectivity index (χ4n) is 2.21. The molecule has 7 nitrogen and oxygen atoms in total. The Hall–Kier alpha value is -3.43. The largest absolute Gasteiger partial charge is 0.573 e. The van der Waals surface area contributed by atoms with Gasteiger partial charge in [0.15, 0.2) is 0 Å². The van der Waals surface area contributed by atoms with Crippen LogP contribution in [0.1, 0.15) is 21.6 Å². The molecule has 3 rings (SSSR count). The molecule has 0 fully saturated rings. The van der Waals surface area contributed by atoms with E-state index in [0.29, 0.717) is 5.56 Å². The fourth-order valence-corrected chi connectivity index (χ4v) is 2.21. The topological polar surface area (TPSA) is 95.9 Å². The summed E-state index contributed by atoms with van der Waals surface area (Å²) in [6.45, 7) is 0.264. The van der Waals surface area contributed by atoms with Crippen LogP contribution in [0.15, 0.2) is 49.1 Å². The molecule has 26 heavy (non-hydrogen) atoms. The normalized spacial score (nSPS) is 11.3. The molecule has 2 heterocycles. The van der Waals surface area contributed by atoms with Gasteiger partial charge in [0.1, 0.15) is 23.6 Å². The monoisotopic (exact) mass is 363 g/mol. The van der Waals surface area contributed by atoms with Gasteiger partial charge in [0.25, 0.3) is 0 Å². The molecule has 0 aliphatic carbocycles. The number of halogens is 3. The number of alkyl halides is 3. The van der Waals surface area contributed by atoms with Crippen LogP contribution in [0.3, 0.4) is 0 Å². The molecule has 0 unspecified atom stereocenters. The Morgan fingerprint density at radius 1 is 1.19 bits per heavy atom. The van der Waals surface area contributed by atoms with Gasteiger partial charge >= 0.3 is 6.36 Å². The maximum Gasteiger partial charge on any atom is 0.573 e. The van der Waals surface area contributed by atoms with Crippen LogP contribution in [0, 0.1) is 0 Å². The van der Waals surface area contributed by atoms with Gasteiger partial charge in [-0.25, -0.2) is 9.97 Å². The number of nitrogens with zero attached hydrogens (tertiary/aromatic N) is 4. The Kier molecular flexibility index (Phi) is 4.57. The molecule has 0 amide bonds. The van der Waals surface area contributed by atoms with Crippen molar-refractivity contribution in [1.82, 2.24) is 19.7 Å². The minimum absolute atomic E-state index is 0.0554. The van der Waals surface area contributed by atoms with Gasteiger partial charge in [-0.05, 0) is 23.8 Å². The summed E-state index contributed by atoms with van der Waals surface area (Å²) >= 11 is 0. The summed E-state index contributed by atoms with van der Waals surface area (Å²) in [6, 6.07) is 6.89. The van der Waals surface area contributed by atoms with Gasteiger partial charge in [0.2, 0.25) is 5.78 Å². The van der Waals surface area contributed by atoms with E-state index in [1.54, 1.807) is 6.20 Å². The van der Waals surface area contributed by atoms with Crippen molar-refractivity contribution in [2.45, 2.75) is 12.9 Å². The molecule has 0 radical (unpaired) electrons. The lowest BCUT2D eigenvalue weighted by atomic mass is 10.1. The molecule has 0 saturated carbocycles. The third-order valence-electron chi connectivity index (χ3n) is 3.36. The van der Waals surface area contributed by atoms with E-state index in [4.69, 9.17) is 5.73 Å². The smallest absolute Gasteiger partial charge is 0.406 e. The summed E-state index contributed by atoms with van der Waals surface area (Å²) in [5.74, 6) is -0.673. The predicted octanol–water partition coefficient (Wildman–Crippen LogP) is 2.43. The van der Waals surface area contributed by atoms with Gasteiger partial charge < -0.3 is 10.5 Å². The first-order chi connectivity index (χ1) is 12.3. The summed E-state index contributed by atoms with van der Waals surface area (Å²) < 4.78 is 41.7. The highest BCUT2D eigenvalue weighted by Gasteiger charge is 2.30. The van der Waals surface area contributed by atoms with Crippen molar-refractivity contribution < 1.29 is 22.7 Å². The summed E-state index contributed by atoms with van der Waals surface area (Å²) in [6.07, 6.45) is -0.616. The van der Waals surface area contributed by atoms with Gasteiger partial charge in [-0.3, -0.25) is 9.48 Å². The molecule has 2 aromatic heterocycles. The van der Waals surface area contributed by atoms with Gasteiger partial charge in [-0.15, -0.1) is 13.2 Å². The Morgan fingerprint density at radius 3 is 2.58 bits per heavy atom. The lowest BCUT2D eigenvalue weighted by Gasteiger charge is -2.09. The number of rotatable bonds is 5. The number of hydrogen-bond acceptors (Lipinski definition) is 6. The zero-order valence-electron chi connectivity index (χ0n) is 13.1. The molecule has 1 aromatic carbocycles. The van der Waals surface area contributed by atoms with Crippen molar-refractivity contribution in [2.75, 3.05) is 5.73 Å². The van der Waals surface area contributed by atoms with Crippen LogP contribution >= 0.6 is 0 Å². The molecule has 0 aliphatic rings. The van der Waals surface area contributed by atoms with Crippen molar-refractivity contribution in [1.29, 1.82) is 0 Å². The summed E-state index contributed by atoms with van der Waals surface area (Å²) in [5.41, 5.74) is 6.63. The molecule has 3 aromatic rings. The van der Waals surface area contributed by atoms with Crippen LogP contribution < -0.4 is 10.5 Å². The summed E-state index contributed by atoms with van der Waals surface area (Å²) in [5, 5.41) is 4.15. The SMILES string of the molecule is Nc1ncncc1C(=O)c1ccn(Cc2ccc(OC(F)(F)F)cc2)n1. The second kappa shape index (κ2) is 6.82. The second-order valence-corrected chi connectivity index (χ2v) is 5.24. The molecule has 2 N–H and O–H groups in total. The summed E-state index contributed by atoms with van der Waals surface area (Å²) in [4.78, 5) is 19.9. The second-order valence-electron chi connectivity index (χ2n) is 5.24. The maximum absolute atomic E-state index is 12.4. The number of nitrogens with two attached hydrogens (primary N) is 1. The Labute approximate surface area is 145 Å². The highest BCUT2D eigenvalue weighted by Crippen LogP contribution is 2.23. The fraction of sp³-hybridized carbons (Fsp3) is 0.125. The van der Waals surface area contributed by atoms with Crippen LogP contribution in [-0.2, 0) is 6.54 Å². The minimum atomic E-state index is -4.73. The van der Waals surface area contributed by atoms with E-state index >= 15 is 0 Å². The Bertz CT molecular complexity index is 922. The molecule has 0 spiro atoms. The number of carbonyl (C=O) groups excluding carboxylic acids is 1. The average Bonchev–Trinajstić information content (AvgIpc) is 3.04. The average molecular weight is 363 g/mol. The van der Waals surface area contributed by atoms with E-state index in [0.717, 1.165) is 0 Å². The zero-order chi connectivity index (χ0) is 18.7. The van der Waals surface area contributed by atoms with Crippen LogP contribution in [-0.4, -0.2) is 31.9 Å². The van der Waals surface area contributed by atoms with Gasteiger partial charge in [0.05, 0.1) is 12.1 Å². The molecule has 0 bridgehead atoms. The number of nitrogen functional groups attached to an aromatic ring is 1. The third kappa shape index (κ3) is 4.15. The molecule has 134 valence electrons. The first kappa shape index (κ1) is 17.4. The van der Waals surface area contributed by atoms with Crippen LogP contribution in [0.4, 0.5) is 19.0 Å². The van der Waals surface area contributed by atoms with Crippen LogP contribution in [0.25, 0.3) is 0 Å². The highest BCUT2D eigenvalue weighted by molar-refractivity contribution is 6.10. The van der Waals surface area contributed by atoms with E-state index in [9.17, 15) is 18.0 Å². The van der Waals surface area contributed by atoms with E-state index in [-0.39, 0.29) is 29.4 Å². The molecular weight excluding hydrogens is 351 g/mol. The number of hydrogen-bond donors (Lipinski definition) is 1. The minimum Gasteiger partial charge on any atom is -0.406 e. The van der Waals surface area contributed by atoms with Crippen LogP contribution in [0.2, 0.25) is 0 Å². The predicted molar refractivity (Wildman–Crippen MR) is 84.3 cm³/mol. The van der Waals surface area contributed by atoms with Crippen molar-refractivity contribution in [2.24, 2.45) is 0 Å². The number of anilines is 1. The van der Waals surface area contributed by atoms with Gasteiger partial charge in [-0.1, -0.05) is 12.1 Å². The molecule has 10 heteroatoms. The number of benzene rings is 1. The zero-order valence-corrected chi connectivity index (χ0v) is 13.1. The van der Waals surface area contributed by atoms with Gasteiger partial charge in [-0.2, -0.15) is 5.10 Å². The van der Waals surface area contributed by atoms with Crippen molar-refractivity contribution in [3.8, 4) is 5.75 Å². The summed E-state index contributed by atoms with van der Waals surface area (Å²) in [7, 11) is 0. The van der Waals surface area contributed by atoms with E-state index in [1.807, 2.05) is 0 Å². The van der Waals surface area contributed by atoms with E-state index in [2.05, 4.69) is 19.8 Å². The van der Waals surface area contributed by atoms with E-state index < -0.39 is 12.1 Å². The van der Waals surface area contributed by atoms with Crippen molar-refractivity contribution >= 4 is 11.6 Å². The lowest BCUT2D eigenvalue weighted by molar-refractivity contribution is -0.274. The standard InChI is InChI=1S/C16H12F3N5O2/c17-16(18,19)26-11-3-1-10(2-4-11)8-24-6-5-13(23-24)14(25)12-7-21-9-22-15(12)20/h1-7,9H,8H2,(H2,20,21,22). The number of carbonyl (C=O) groups is 1. The maximum atomic E-state index is 12.4. The Balaban J connectivity index is 1.71. The number of aromatic nitrogens is 4. The third-order valence-corrected chi connectivity index (χ3v) is 3.36. The first-order valence-electron chi connectivity index (χ1n) is 7.30. The highest BCUT2D eigenvalue weighted by atomic mass is 19.4. The number of ether oxygens (including phenoxy) is 1. The quantitative estimate of drug-likeness (QED) is 0.700. The number of ketones is 1. The van der Waals surface area contributed by atoms with Crippen molar-refractivity contribution in [3.05, 3.63) is 65.9 Å². The molecular formula is C16H12F3N5O2. The molecule has 0 saturated heterocycles.